The second kappa shape index (κ2) is 8.10. The molecule has 1 aromatic carbocycles. The van der Waals surface area contributed by atoms with Crippen LogP contribution in [0, 0.1) is 12.7 Å². The van der Waals surface area contributed by atoms with E-state index < -0.39 is 0 Å². The van der Waals surface area contributed by atoms with Crippen LogP contribution in [-0.4, -0.2) is 34.1 Å². The van der Waals surface area contributed by atoms with E-state index in [9.17, 15) is 14.0 Å². The fraction of sp³-hybridized carbons (Fsp3) is 0.353. The fourth-order valence-electron chi connectivity index (χ4n) is 2.37. The molecule has 0 aliphatic carbocycles. The number of benzene rings is 1. The van der Waals surface area contributed by atoms with Gasteiger partial charge in [-0.1, -0.05) is 30.0 Å². The van der Waals surface area contributed by atoms with E-state index in [1.807, 2.05) is 6.26 Å². The Bertz CT molecular complexity index is 792. The molecular weight excluding hydrogens is 329 g/mol. The Balaban J connectivity index is 2.00. The highest BCUT2D eigenvalue weighted by atomic mass is 32.2. The summed E-state index contributed by atoms with van der Waals surface area (Å²) in [5.74, 6) is -0.479. The molecule has 0 atom stereocenters. The Morgan fingerprint density at radius 3 is 2.71 bits per heavy atom. The molecule has 2 rings (SSSR count). The molecule has 0 aliphatic rings. The number of nitrogens with one attached hydrogen (secondary N) is 1. The lowest BCUT2D eigenvalue weighted by Gasteiger charge is -2.17. The number of H-pyrrole nitrogens is 1. The molecule has 2 aromatic rings. The number of nitrogens with zero attached hydrogens (tertiary/aromatic N) is 2. The molecule has 1 heterocycles. The number of amides is 1. The molecule has 0 saturated heterocycles. The van der Waals surface area contributed by atoms with Crippen molar-refractivity contribution < 1.29 is 9.18 Å². The van der Waals surface area contributed by atoms with Crippen LogP contribution in [0.2, 0.25) is 0 Å². The van der Waals surface area contributed by atoms with Gasteiger partial charge < -0.3 is 9.88 Å². The van der Waals surface area contributed by atoms with Crippen molar-refractivity contribution >= 4 is 17.7 Å². The van der Waals surface area contributed by atoms with Crippen LogP contribution in [0.25, 0.3) is 0 Å². The highest BCUT2D eigenvalue weighted by molar-refractivity contribution is 7.98. The number of aromatic nitrogens is 2. The first-order valence-electron chi connectivity index (χ1n) is 7.53. The zero-order valence-corrected chi connectivity index (χ0v) is 14.7. The fourth-order valence-corrected chi connectivity index (χ4v) is 2.79. The Kier molecular flexibility index (Phi) is 6.14. The molecule has 24 heavy (non-hydrogen) atoms. The molecule has 128 valence electrons. The Labute approximate surface area is 144 Å². The predicted molar refractivity (Wildman–Crippen MR) is 92.6 cm³/mol. The summed E-state index contributed by atoms with van der Waals surface area (Å²) in [6.07, 6.45) is 2.32. The van der Waals surface area contributed by atoms with Crippen molar-refractivity contribution in [2.24, 2.45) is 0 Å². The average Bonchev–Trinajstić information content (AvgIpc) is 2.55. The summed E-state index contributed by atoms with van der Waals surface area (Å²) in [6.45, 7) is 1.96. The quantitative estimate of drug-likeness (QED) is 0.643. The monoisotopic (exact) mass is 349 g/mol. The van der Waals surface area contributed by atoms with E-state index in [4.69, 9.17) is 0 Å². The van der Waals surface area contributed by atoms with Gasteiger partial charge in [-0.05, 0) is 25.7 Å². The third-order valence-electron chi connectivity index (χ3n) is 3.77. The van der Waals surface area contributed by atoms with Gasteiger partial charge in [0.1, 0.15) is 5.82 Å². The molecule has 7 heteroatoms. The lowest BCUT2D eigenvalue weighted by atomic mass is 10.1. The molecule has 0 spiro atoms. The van der Waals surface area contributed by atoms with Gasteiger partial charge in [-0.15, -0.1) is 0 Å². The van der Waals surface area contributed by atoms with E-state index >= 15 is 0 Å². The van der Waals surface area contributed by atoms with Gasteiger partial charge in [0, 0.05) is 36.8 Å². The average molecular weight is 349 g/mol. The standard InChI is InChI=1S/C17H20FN3O2S/c1-11-13(16(23)20-17(19-11)24-3)8-9-15(22)21(2)10-12-6-4-5-7-14(12)18/h4-7H,8-10H2,1-3H3,(H,19,20,23). The molecule has 0 unspecified atom stereocenters. The lowest BCUT2D eigenvalue weighted by Crippen LogP contribution is -2.28. The number of aryl methyl sites for hydroxylation is 1. The zero-order valence-electron chi connectivity index (χ0n) is 13.9. The van der Waals surface area contributed by atoms with Gasteiger partial charge in [0.05, 0.1) is 0 Å². The van der Waals surface area contributed by atoms with Crippen molar-refractivity contribution in [3.05, 3.63) is 57.3 Å². The number of halogens is 1. The van der Waals surface area contributed by atoms with Gasteiger partial charge in [0.15, 0.2) is 5.16 Å². The number of aromatic amines is 1. The normalized spacial score (nSPS) is 10.7. The van der Waals surface area contributed by atoms with Crippen molar-refractivity contribution in [3.8, 4) is 0 Å². The van der Waals surface area contributed by atoms with Gasteiger partial charge in [-0.3, -0.25) is 9.59 Å². The second-order valence-electron chi connectivity index (χ2n) is 5.48. The number of carbonyl (C=O) groups is 1. The maximum Gasteiger partial charge on any atom is 0.254 e. The van der Waals surface area contributed by atoms with Crippen molar-refractivity contribution in [2.45, 2.75) is 31.5 Å². The van der Waals surface area contributed by atoms with Crippen LogP contribution in [0.15, 0.2) is 34.2 Å². The van der Waals surface area contributed by atoms with Crippen LogP contribution in [0.1, 0.15) is 23.2 Å². The molecular formula is C17H20FN3O2S. The summed E-state index contributed by atoms with van der Waals surface area (Å²) in [5.41, 5.74) is 1.40. The van der Waals surface area contributed by atoms with Crippen molar-refractivity contribution in [3.63, 3.8) is 0 Å². The van der Waals surface area contributed by atoms with E-state index in [0.717, 1.165) is 0 Å². The highest BCUT2D eigenvalue weighted by Crippen LogP contribution is 2.12. The number of rotatable bonds is 6. The van der Waals surface area contributed by atoms with Crippen LogP contribution in [0.4, 0.5) is 4.39 Å². The van der Waals surface area contributed by atoms with Gasteiger partial charge in [0.2, 0.25) is 5.91 Å². The van der Waals surface area contributed by atoms with E-state index in [1.165, 1.54) is 22.7 Å². The second-order valence-corrected chi connectivity index (χ2v) is 6.28. The Morgan fingerprint density at radius 2 is 2.08 bits per heavy atom. The first-order valence-corrected chi connectivity index (χ1v) is 8.76. The minimum Gasteiger partial charge on any atom is -0.341 e. The summed E-state index contributed by atoms with van der Waals surface area (Å²) in [7, 11) is 1.63. The lowest BCUT2D eigenvalue weighted by molar-refractivity contribution is -0.130. The third kappa shape index (κ3) is 4.44. The van der Waals surface area contributed by atoms with Crippen molar-refractivity contribution in [2.75, 3.05) is 13.3 Å². The van der Waals surface area contributed by atoms with Gasteiger partial charge in [-0.25, -0.2) is 9.37 Å². The molecule has 0 bridgehead atoms. The topological polar surface area (TPSA) is 66.1 Å². The van der Waals surface area contributed by atoms with Crippen LogP contribution in [-0.2, 0) is 17.8 Å². The molecule has 1 aromatic heterocycles. The molecule has 5 nitrogen and oxygen atoms in total. The first-order chi connectivity index (χ1) is 11.4. The Hall–Kier alpha value is -2.15. The van der Waals surface area contributed by atoms with Crippen molar-refractivity contribution in [1.82, 2.24) is 14.9 Å². The molecule has 1 amide bonds. The van der Waals surface area contributed by atoms with Gasteiger partial charge in [-0.2, -0.15) is 0 Å². The Morgan fingerprint density at radius 1 is 1.38 bits per heavy atom. The van der Waals surface area contributed by atoms with Crippen LogP contribution < -0.4 is 5.56 Å². The molecule has 0 saturated carbocycles. The van der Waals surface area contributed by atoms with Crippen LogP contribution >= 0.6 is 11.8 Å². The molecule has 0 fully saturated rings. The van der Waals surface area contributed by atoms with Gasteiger partial charge in [0.25, 0.3) is 5.56 Å². The largest absolute Gasteiger partial charge is 0.341 e. The summed E-state index contributed by atoms with van der Waals surface area (Å²) in [4.78, 5) is 32.7. The van der Waals surface area contributed by atoms with E-state index in [1.54, 1.807) is 32.2 Å². The predicted octanol–water partition coefficient (Wildman–Crippen LogP) is 2.53. The number of thioether (sulfide) groups is 1. The highest BCUT2D eigenvalue weighted by Gasteiger charge is 2.14. The van der Waals surface area contributed by atoms with E-state index in [0.29, 0.717) is 28.4 Å². The van der Waals surface area contributed by atoms with Crippen LogP contribution in [0.3, 0.4) is 0 Å². The SMILES string of the molecule is CSc1nc(C)c(CCC(=O)N(C)Cc2ccccc2F)c(=O)[nH]1. The third-order valence-corrected chi connectivity index (χ3v) is 4.35. The minimum atomic E-state index is -0.332. The zero-order chi connectivity index (χ0) is 17.7. The number of hydrogen-bond acceptors (Lipinski definition) is 4. The van der Waals surface area contributed by atoms with Gasteiger partial charge >= 0.3 is 0 Å². The molecule has 0 radical (unpaired) electrons. The van der Waals surface area contributed by atoms with E-state index in [-0.39, 0.29) is 30.2 Å². The summed E-state index contributed by atoms with van der Waals surface area (Å²) in [6, 6.07) is 6.37. The summed E-state index contributed by atoms with van der Waals surface area (Å²) < 4.78 is 13.6. The number of hydrogen-bond donors (Lipinski definition) is 1. The van der Waals surface area contributed by atoms with E-state index in [2.05, 4.69) is 9.97 Å². The molecule has 0 aliphatic heterocycles. The molecule has 1 N–H and O–H groups in total. The minimum absolute atomic E-state index is 0.147. The number of carbonyl (C=O) groups excluding carboxylic acids is 1. The maximum atomic E-state index is 13.6. The first kappa shape index (κ1) is 18.2. The van der Waals surface area contributed by atoms with Crippen LogP contribution in [0.5, 0.6) is 0 Å². The summed E-state index contributed by atoms with van der Waals surface area (Å²) >= 11 is 1.36. The summed E-state index contributed by atoms with van der Waals surface area (Å²) in [5, 5.41) is 0.559. The maximum absolute atomic E-state index is 13.6. The smallest absolute Gasteiger partial charge is 0.254 e. The van der Waals surface area contributed by atoms with Crippen molar-refractivity contribution in [1.29, 1.82) is 0 Å².